The van der Waals surface area contributed by atoms with Gasteiger partial charge in [0.25, 0.3) is 5.91 Å². The number of furan rings is 1. The molecule has 0 spiro atoms. The number of aromatic nitrogens is 2. The van der Waals surface area contributed by atoms with Gasteiger partial charge in [-0.15, -0.1) is 0 Å². The molecule has 3 aromatic rings. The number of carbonyl (C=O) groups is 2. The summed E-state index contributed by atoms with van der Waals surface area (Å²) in [7, 11) is 0. The molecule has 1 N–H and O–H groups in total. The van der Waals surface area contributed by atoms with Crippen molar-refractivity contribution in [3.05, 3.63) is 59.0 Å². The van der Waals surface area contributed by atoms with Crippen molar-refractivity contribution in [1.29, 1.82) is 0 Å². The van der Waals surface area contributed by atoms with Crippen molar-refractivity contribution < 1.29 is 18.5 Å². The monoisotopic (exact) mass is 410 g/mol. The van der Waals surface area contributed by atoms with Crippen LogP contribution in [0.25, 0.3) is 0 Å². The molecule has 4 rings (SSSR count). The van der Waals surface area contributed by atoms with Crippen LogP contribution in [-0.4, -0.2) is 39.5 Å². The van der Waals surface area contributed by atoms with Gasteiger partial charge in [-0.3, -0.25) is 9.59 Å². The van der Waals surface area contributed by atoms with Gasteiger partial charge in [0.05, 0.1) is 18.4 Å². The fourth-order valence-corrected chi connectivity index (χ4v) is 3.99. The molecule has 30 heavy (non-hydrogen) atoms. The van der Waals surface area contributed by atoms with Crippen molar-refractivity contribution in [3.63, 3.8) is 0 Å². The van der Waals surface area contributed by atoms with Crippen LogP contribution in [0.5, 0.6) is 0 Å². The van der Waals surface area contributed by atoms with E-state index in [0.29, 0.717) is 49.6 Å². The highest BCUT2D eigenvalue weighted by Crippen LogP contribution is 2.24. The largest absolute Gasteiger partial charge is 0.467 e. The second-order valence-electron chi connectivity index (χ2n) is 7.83. The van der Waals surface area contributed by atoms with Crippen molar-refractivity contribution in [2.24, 2.45) is 5.92 Å². The Balaban J connectivity index is 1.38. The van der Waals surface area contributed by atoms with Crippen LogP contribution in [0.15, 0.2) is 39.5 Å². The van der Waals surface area contributed by atoms with E-state index in [2.05, 4.69) is 15.0 Å². The Kier molecular flexibility index (Phi) is 5.48. The molecule has 8 nitrogen and oxygen atoms in total. The number of nitrogens with one attached hydrogen (secondary N) is 1. The highest BCUT2D eigenvalue weighted by molar-refractivity contribution is 5.96. The summed E-state index contributed by atoms with van der Waals surface area (Å²) in [5.41, 5.74) is 2.65. The molecule has 3 aromatic heterocycles. The van der Waals surface area contributed by atoms with Gasteiger partial charge in [0.2, 0.25) is 5.91 Å². The minimum Gasteiger partial charge on any atom is -0.467 e. The number of amides is 2. The summed E-state index contributed by atoms with van der Waals surface area (Å²) in [5.74, 6) is 1.73. The van der Waals surface area contributed by atoms with Crippen molar-refractivity contribution in [1.82, 2.24) is 14.6 Å². The fourth-order valence-electron chi connectivity index (χ4n) is 3.99. The fraction of sp³-hybridized carbons (Fsp3) is 0.409. The Morgan fingerprint density at radius 1 is 1.20 bits per heavy atom. The van der Waals surface area contributed by atoms with Crippen LogP contribution in [0.3, 0.4) is 0 Å². The summed E-state index contributed by atoms with van der Waals surface area (Å²) in [6.45, 7) is 7.44. The molecule has 0 atom stereocenters. The lowest BCUT2D eigenvalue weighted by molar-refractivity contribution is -0.121. The third-order valence-corrected chi connectivity index (χ3v) is 5.73. The van der Waals surface area contributed by atoms with Gasteiger partial charge in [0.1, 0.15) is 11.5 Å². The molecule has 1 fully saturated rings. The number of nitrogens with zero attached hydrogens (tertiary/aromatic N) is 3. The van der Waals surface area contributed by atoms with E-state index >= 15 is 0 Å². The molecule has 2 amide bonds. The Bertz CT molecular complexity index is 1040. The number of rotatable bonds is 5. The maximum atomic E-state index is 13.1. The van der Waals surface area contributed by atoms with Gasteiger partial charge in [0, 0.05) is 36.5 Å². The lowest BCUT2D eigenvalue weighted by Crippen LogP contribution is -2.41. The zero-order valence-electron chi connectivity index (χ0n) is 17.5. The molecule has 4 heterocycles. The number of piperidine rings is 1. The lowest BCUT2D eigenvalue weighted by atomic mass is 9.95. The van der Waals surface area contributed by atoms with E-state index < -0.39 is 0 Å². The zero-order valence-corrected chi connectivity index (χ0v) is 17.5. The minimum atomic E-state index is -0.141. The van der Waals surface area contributed by atoms with E-state index in [-0.39, 0.29) is 17.7 Å². The van der Waals surface area contributed by atoms with E-state index in [1.165, 1.54) is 0 Å². The number of likely N-dealkylation sites (tertiary alicyclic amines) is 1. The van der Waals surface area contributed by atoms with Gasteiger partial charge in [-0.25, -0.2) is 0 Å². The Morgan fingerprint density at radius 3 is 2.60 bits per heavy atom. The Labute approximate surface area is 174 Å². The molecule has 0 radical (unpaired) electrons. The molecule has 0 saturated carbocycles. The van der Waals surface area contributed by atoms with E-state index in [1.54, 1.807) is 19.3 Å². The van der Waals surface area contributed by atoms with Crippen LogP contribution in [0.2, 0.25) is 0 Å². The van der Waals surface area contributed by atoms with Gasteiger partial charge in [-0.2, -0.15) is 0 Å². The number of hydrogen-bond donors (Lipinski definition) is 1. The van der Waals surface area contributed by atoms with Crippen LogP contribution in [0, 0.1) is 26.7 Å². The molecular formula is C22H26N4O4. The number of anilines is 1. The van der Waals surface area contributed by atoms with Crippen LogP contribution in [0.1, 0.15) is 46.1 Å². The molecule has 1 aliphatic rings. The lowest BCUT2D eigenvalue weighted by Gasteiger charge is -2.31. The van der Waals surface area contributed by atoms with E-state index in [9.17, 15) is 9.59 Å². The molecule has 1 aliphatic heterocycles. The first-order valence-corrected chi connectivity index (χ1v) is 10.1. The summed E-state index contributed by atoms with van der Waals surface area (Å²) in [6.07, 6.45) is 2.90. The van der Waals surface area contributed by atoms with Crippen molar-refractivity contribution >= 4 is 17.6 Å². The first kappa shape index (κ1) is 20.0. The predicted octanol–water partition coefficient (Wildman–Crippen LogP) is 3.53. The SMILES string of the molecule is Cc1cc(NC(=O)C2CCN(C(=O)c3cc(C)n(Cc4ccco4)c3C)CC2)no1. The smallest absolute Gasteiger partial charge is 0.255 e. The normalized spacial score (nSPS) is 14.8. The summed E-state index contributed by atoms with van der Waals surface area (Å²) in [5, 5.41) is 6.59. The van der Waals surface area contributed by atoms with Crippen LogP contribution >= 0.6 is 0 Å². The van der Waals surface area contributed by atoms with Gasteiger partial charge in [-0.1, -0.05) is 5.16 Å². The molecule has 8 heteroatoms. The molecule has 0 aliphatic carbocycles. The quantitative estimate of drug-likeness (QED) is 0.694. The van der Waals surface area contributed by atoms with Crippen molar-refractivity contribution in [2.45, 2.75) is 40.2 Å². The minimum absolute atomic E-state index is 0.0137. The highest BCUT2D eigenvalue weighted by Gasteiger charge is 2.29. The average Bonchev–Trinajstić information content (AvgIpc) is 3.46. The third-order valence-electron chi connectivity index (χ3n) is 5.73. The Morgan fingerprint density at radius 2 is 1.97 bits per heavy atom. The van der Waals surface area contributed by atoms with Gasteiger partial charge in [0.15, 0.2) is 5.82 Å². The molecule has 0 bridgehead atoms. The number of aryl methyl sites for hydroxylation is 2. The van der Waals surface area contributed by atoms with E-state index in [0.717, 1.165) is 17.1 Å². The zero-order chi connectivity index (χ0) is 21.3. The maximum Gasteiger partial charge on any atom is 0.255 e. The third kappa shape index (κ3) is 4.03. The first-order valence-electron chi connectivity index (χ1n) is 10.1. The van der Waals surface area contributed by atoms with Crippen LogP contribution in [-0.2, 0) is 11.3 Å². The van der Waals surface area contributed by atoms with Gasteiger partial charge < -0.3 is 23.7 Å². The van der Waals surface area contributed by atoms with E-state index in [4.69, 9.17) is 8.94 Å². The summed E-state index contributed by atoms with van der Waals surface area (Å²) >= 11 is 0. The van der Waals surface area contributed by atoms with Crippen molar-refractivity contribution in [2.75, 3.05) is 18.4 Å². The highest BCUT2D eigenvalue weighted by atomic mass is 16.5. The average molecular weight is 410 g/mol. The van der Waals surface area contributed by atoms with Gasteiger partial charge >= 0.3 is 0 Å². The molecule has 1 saturated heterocycles. The second kappa shape index (κ2) is 8.22. The number of hydrogen-bond acceptors (Lipinski definition) is 5. The van der Waals surface area contributed by atoms with Crippen LogP contribution < -0.4 is 5.32 Å². The first-order chi connectivity index (χ1) is 14.4. The molecule has 158 valence electrons. The topological polar surface area (TPSA) is 93.5 Å². The molecule has 0 aromatic carbocycles. The molecule has 0 unspecified atom stereocenters. The maximum absolute atomic E-state index is 13.1. The second-order valence-corrected chi connectivity index (χ2v) is 7.83. The predicted molar refractivity (Wildman–Crippen MR) is 110 cm³/mol. The summed E-state index contributed by atoms with van der Waals surface area (Å²) in [4.78, 5) is 27.4. The number of carbonyl (C=O) groups excluding carboxylic acids is 2. The van der Waals surface area contributed by atoms with Crippen LogP contribution in [0.4, 0.5) is 5.82 Å². The molecular weight excluding hydrogens is 384 g/mol. The Hall–Kier alpha value is -3.29. The van der Waals surface area contributed by atoms with Crippen molar-refractivity contribution in [3.8, 4) is 0 Å². The summed E-state index contributed by atoms with van der Waals surface area (Å²) in [6, 6.07) is 7.41. The summed E-state index contributed by atoms with van der Waals surface area (Å²) < 4.78 is 12.5. The van der Waals surface area contributed by atoms with Gasteiger partial charge in [-0.05, 0) is 51.8 Å². The van der Waals surface area contributed by atoms with E-state index in [1.807, 2.05) is 36.9 Å². The standard InChI is InChI=1S/C22H26N4O4/c1-14-11-19(16(3)26(14)13-18-5-4-10-29-18)22(28)25-8-6-17(7-9-25)21(27)23-20-12-15(2)30-24-20/h4-5,10-12,17H,6-9,13H2,1-3H3,(H,23,24,27).